The molecule has 5 nitrogen and oxygen atoms in total. The maximum absolute atomic E-state index is 6.19. The zero-order valence-corrected chi connectivity index (χ0v) is 17.7. The molecule has 3 rings (SSSR count). The third-order valence-electron chi connectivity index (χ3n) is 7.82. The molecule has 1 saturated heterocycles. The van der Waals surface area contributed by atoms with Crippen LogP contribution in [-0.2, 0) is 0 Å². The monoisotopic (exact) mass is 379 g/mol. The first kappa shape index (κ1) is 21.5. The lowest BCUT2D eigenvalue weighted by Gasteiger charge is -2.43. The molecule has 0 bridgehead atoms. The Balaban J connectivity index is 1.31. The summed E-state index contributed by atoms with van der Waals surface area (Å²) in [7, 11) is 0. The van der Waals surface area contributed by atoms with Gasteiger partial charge >= 0.3 is 0 Å². The van der Waals surface area contributed by atoms with Crippen molar-refractivity contribution in [1.82, 2.24) is 15.1 Å². The van der Waals surface area contributed by atoms with E-state index in [0.717, 1.165) is 26.2 Å². The van der Waals surface area contributed by atoms with Crippen LogP contribution in [0.3, 0.4) is 0 Å². The van der Waals surface area contributed by atoms with Crippen LogP contribution < -0.4 is 16.8 Å². The average molecular weight is 380 g/mol. The van der Waals surface area contributed by atoms with Gasteiger partial charge in [-0.3, -0.25) is 4.90 Å². The molecule has 0 radical (unpaired) electrons. The molecule has 5 heteroatoms. The van der Waals surface area contributed by atoms with Crippen LogP contribution >= 0.6 is 0 Å². The molecule has 2 saturated carbocycles. The highest BCUT2D eigenvalue weighted by Crippen LogP contribution is 2.36. The summed E-state index contributed by atoms with van der Waals surface area (Å²) in [5.41, 5.74) is 13.1. The molecule has 1 heterocycles. The van der Waals surface area contributed by atoms with E-state index in [2.05, 4.69) is 15.1 Å². The summed E-state index contributed by atoms with van der Waals surface area (Å²) in [5, 5.41) is 3.73. The molecule has 3 fully saturated rings. The van der Waals surface area contributed by atoms with Crippen molar-refractivity contribution in [2.75, 3.05) is 65.4 Å². The van der Waals surface area contributed by atoms with Crippen molar-refractivity contribution >= 4 is 0 Å². The van der Waals surface area contributed by atoms with Crippen molar-refractivity contribution in [3.63, 3.8) is 0 Å². The first-order valence-corrected chi connectivity index (χ1v) is 11.7. The van der Waals surface area contributed by atoms with Crippen LogP contribution in [0.2, 0.25) is 0 Å². The fourth-order valence-corrected chi connectivity index (χ4v) is 5.72. The van der Waals surface area contributed by atoms with Gasteiger partial charge in [-0.2, -0.15) is 0 Å². The lowest BCUT2D eigenvalue weighted by atomic mass is 9.73. The number of nitrogens with one attached hydrogen (secondary N) is 1. The Hall–Kier alpha value is -0.200. The van der Waals surface area contributed by atoms with Crippen molar-refractivity contribution in [3.05, 3.63) is 0 Å². The van der Waals surface area contributed by atoms with E-state index in [-0.39, 0.29) is 0 Å². The normalized spacial score (nSPS) is 26.9. The van der Waals surface area contributed by atoms with Gasteiger partial charge in [0.15, 0.2) is 0 Å². The van der Waals surface area contributed by atoms with Crippen molar-refractivity contribution < 1.29 is 0 Å². The summed E-state index contributed by atoms with van der Waals surface area (Å²) < 4.78 is 0. The molecule has 0 unspecified atom stereocenters. The SMILES string of the molecule is NCC1(CNCCN2CCN(CC3(CN)CCCCC3)CC2)CCCCC1. The quantitative estimate of drug-likeness (QED) is 0.535. The molecule has 0 atom stereocenters. The summed E-state index contributed by atoms with van der Waals surface area (Å²) in [6.07, 6.45) is 13.6. The van der Waals surface area contributed by atoms with Gasteiger partial charge in [0.05, 0.1) is 0 Å². The minimum atomic E-state index is 0.382. The van der Waals surface area contributed by atoms with E-state index in [1.165, 1.54) is 103 Å². The van der Waals surface area contributed by atoms with Gasteiger partial charge in [-0.15, -0.1) is 0 Å². The molecule has 5 N–H and O–H groups in total. The summed E-state index contributed by atoms with van der Waals surface area (Å²) in [6.45, 7) is 11.2. The predicted molar refractivity (Wildman–Crippen MR) is 115 cm³/mol. The third kappa shape index (κ3) is 6.14. The van der Waals surface area contributed by atoms with Crippen LogP contribution in [0.4, 0.5) is 0 Å². The van der Waals surface area contributed by atoms with E-state index in [9.17, 15) is 0 Å². The molecule has 0 aromatic heterocycles. The Bertz CT molecular complexity index is 404. The fraction of sp³-hybridized carbons (Fsp3) is 1.00. The van der Waals surface area contributed by atoms with E-state index in [0.29, 0.717) is 10.8 Å². The largest absolute Gasteiger partial charge is 0.330 e. The smallest absolute Gasteiger partial charge is 0.0110 e. The standard InChI is InChI=1S/C22H45N5/c23-17-21(7-3-1-4-8-21)19-25-11-12-26-13-15-27(16-14-26)20-22(18-24)9-5-2-6-10-22/h25H,1-20,23-24H2. The Kier molecular flexibility index (Phi) is 8.40. The Morgan fingerprint density at radius 2 is 1.19 bits per heavy atom. The van der Waals surface area contributed by atoms with E-state index < -0.39 is 0 Å². The second kappa shape index (κ2) is 10.5. The van der Waals surface area contributed by atoms with E-state index in [1.807, 2.05) is 0 Å². The highest BCUT2D eigenvalue weighted by atomic mass is 15.3. The molecule has 0 aromatic carbocycles. The number of nitrogens with zero attached hydrogens (tertiary/aromatic N) is 2. The minimum absolute atomic E-state index is 0.382. The van der Waals surface area contributed by atoms with Crippen molar-refractivity contribution in [2.45, 2.75) is 64.2 Å². The van der Waals surface area contributed by atoms with Crippen LogP contribution in [-0.4, -0.2) is 75.2 Å². The lowest BCUT2D eigenvalue weighted by molar-refractivity contribution is 0.0668. The number of rotatable bonds is 9. The topological polar surface area (TPSA) is 70.5 Å². The van der Waals surface area contributed by atoms with Gasteiger partial charge in [0.25, 0.3) is 0 Å². The molecule has 158 valence electrons. The molecule has 3 aliphatic rings. The lowest BCUT2D eigenvalue weighted by Crippen LogP contribution is -2.53. The van der Waals surface area contributed by atoms with Crippen LogP contribution in [0.15, 0.2) is 0 Å². The maximum Gasteiger partial charge on any atom is 0.0110 e. The maximum atomic E-state index is 6.19. The molecule has 2 aliphatic carbocycles. The zero-order valence-electron chi connectivity index (χ0n) is 17.7. The van der Waals surface area contributed by atoms with E-state index in [4.69, 9.17) is 11.5 Å². The van der Waals surface area contributed by atoms with Crippen LogP contribution in [0.1, 0.15) is 64.2 Å². The number of hydrogen-bond donors (Lipinski definition) is 3. The van der Waals surface area contributed by atoms with Gasteiger partial charge in [0.2, 0.25) is 0 Å². The van der Waals surface area contributed by atoms with Gasteiger partial charge in [-0.1, -0.05) is 38.5 Å². The molecular formula is C22H45N5. The second-order valence-electron chi connectivity index (χ2n) is 9.82. The highest BCUT2D eigenvalue weighted by Gasteiger charge is 2.33. The van der Waals surface area contributed by atoms with Crippen molar-refractivity contribution in [3.8, 4) is 0 Å². The van der Waals surface area contributed by atoms with Crippen molar-refractivity contribution in [1.29, 1.82) is 0 Å². The molecule has 0 spiro atoms. The van der Waals surface area contributed by atoms with E-state index in [1.54, 1.807) is 0 Å². The van der Waals surface area contributed by atoms with Crippen molar-refractivity contribution in [2.24, 2.45) is 22.3 Å². The Morgan fingerprint density at radius 1 is 0.667 bits per heavy atom. The first-order chi connectivity index (χ1) is 13.2. The predicted octanol–water partition coefficient (Wildman–Crippen LogP) is 2.01. The first-order valence-electron chi connectivity index (χ1n) is 11.7. The Morgan fingerprint density at radius 3 is 1.74 bits per heavy atom. The second-order valence-corrected chi connectivity index (χ2v) is 9.82. The summed E-state index contributed by atoms with van der Waals surface area (Å²) in [4.78, 5) is 5.32. The van der Waals surface area contributed by atoms with Gasteiger partial charge in [-0.05, 0) is 49.6 Å². The molecular weight excluding hydrogens is 334 g/mol. The van der Waals surface area contributed by atoms with Gasteiger partial charge < -0.3 is 21.7 Å². The van der Waals surface area contributed by atoms with Crippen LogP contribution in [0.5, 0.6) is 0 Å². The third-order valence-corrected chi connectivity index (χ3v) is 7.82. The fourth-order valence-electron chi connectivity index (χ4n) is 5.72. The average Bonchev–Trinajstić information content (AvgIpc) is 2.74. The van der Waals surface area contributed by atoms with Crippen LogP contribution in [0, 0.1) is 10.8 Å². The highest BCUT2D eigenvalue weighted by molar-refractivity contribution is 4.89. The van der Waals surface area contributed by atoms with Gasteiger partial charge in [0, 0.05) is 52.4 Å². The summed E-state index contributed by atoms with van der Waals surface area (Å²) in [5.74, 6) is 0. The molecule has 0 amide bonds. The number of nitrogens with two attached hydrogens (primary N) is 2. The van der Waals surface area contributed by atoms with E-state index >= 15 is 0 Å². The molecule has 1 aliphatic heterocycles. The summed E-state index contributed by atoms with van der Waals surface area (Å²) in [6, 6.07) is 0. The van der Waals surface area contributed by atoms with Gasteiger partial charge in [-0.25, -0.2) is 0 Å². The van der Waals surface area contributed by atoms with Gasteiger partial charge in [0.1, 0.15) is 0 Å². The zero-order chi connectivity index (χ0) is 19.0. The molecule has 0 aromatic rings. The summed E-state index contributed by atoms with van der Waals surface area (Å²) >= 11 is 0. The molecule has 27 heavy (non-hydrogen) atoms. The number of piperazine rings is 1. The minimum Gasteiger partial charge on any atom is -0.330 e. The van der Waals surface area contributed by atoms with Crippen LogP contribution in [0.25, 0.3) is 0 Å². The number of hydrogen-bond acceptors (Lipinski definition) is 5. The Labute approximate surface area is 167 Å².